The molecule has 2 aromatic carbocycles. The molecule has 0 aliphatic heterocycles. The molecule has 2 nitrogen and oxygen atoms in total. The molecule has 0 fully saturated rings. The molecule has 0 aromatic heterocycles. The minimum atomic E-state index is 0.321. The predicted molar refractivity (Wildman–Crippen MR) is 94.7 cm³/mol. The van der Waals surface area contributed by atoms with Gasteiger partial charge in [0, 0.05) is 20.6 Å². The first-order valence-electron chi connectivity index (χ1n) is 7.01. The number of ether oxygens (including phenoxy) is 1. The second-order valence-corrected chi connectivity index (χ2v) is 6.55. The first-order valence-corrected chi connectivity index (χ1v) is 8.59. The number of hydrogen-bond donors (Lipinski definition) is 1. The summed E-state index contributed by atoms with van der Waals surface area (Å²) in [5, 5.41) is 3.41. The van der Waals surface area contributed by atoms with E-state index in [9.17, 15) is 0 Å². The van der Waals surface area contributed by atoms with Crippen molar-refractivity contribution >= 4 is 31.9 Å². The average molecular weight is 413 g/mol. The molecule has 112 valence electrons. The van der Waals surface area contributed by atoms with E-state index in [-0.39, 0.29) is 0 Å². The Morgan fingerprint density at radius 2 is 1.86 bits per heavy atom. The van der Waals surface area contributed by atoms with Crippen molar-refractivity contribution in [3.63, 3.8) is 0 Å². The molecular weight excluding hydrogens is 394 g/mol. The van der Waals surface area contributed by atoms with E-state index in [0.29, 0.717) is 12.6 Å². The summed E-state index contributed by atoms with van der Waals surface area (Å²) >= 11 is 7.16. The smallest absolute Gasteiger partial charge is 0.120 e. The lowest BCUT2D eigenvalue weighted by Gasteiger charge is -2.16. The molecule has 21 heavy (non-hydrogen) atoms. The number of halogens is 2. The quantitative estimate of drug-likeness (QED) is 0.679. The molecule has 0 saturated heterocycles. The molecular formula is C17H19Br2NO. The third-order valence-corrected chi connectivity index (χ3v) is 4.76. The molecule has 0 heterocycles. The van der Waals surface area contributed by atoms with E-state index in [1.54, 1.807) is 0 Å². The third-order valence-electron chi connectivity index (χ3n) is 3.30. The van der Waals surface area contributed by atoms with Crippen molar-refractivity contribution in [1.29, 1.82) is 0 Å². The fourth-order valence-corrected chi connectivity index (χ4v) is 3.24. The molecule has 0 spiro atoms. The molecule has 2 aromatic rings. The van der Waals surface area contributed by atoms with Crippen LogP contribution in [0.5, 0.6) is 5.75 Å². The molecule has 0 amide bonds. The maximum Gasteiger partial charge on any atom is 0.120 e. The Balaban J connectivity index is 2.05. The van der Waals surface area contributed by atoms with Crippen LogP contribution < -0.4 is 10.1 Å². The summed E-state index contributed by atoms with van der Waals surface area (Å²) in [6, 6.07) is 14.6. The monoisotopic (exact) mass is 411 g/mol. The molecule has 0 aliphatic rings. The molecule has 1 unspecified atom stereocenters. The Hall–Kier alpha value is -0.840. The summed E-state index contributed by atoms with van der Waals surface area (Å²) in [7, 11) is 0. The summed E-state index contributed by atoms with van der Waals surface area (Å²) < 4.78 is 8.01. The highest BCUT2D eigenvalue weighted by Crippen LogP contribution is 2.28. The van der Waals surface area contributed by atoms with Crippen LogP contribution in [0.25, 0.3) is 0 Å². The van der Waals surface area contributed by atoms with Crippen molar-refractivity contribution in [2.45, 2.75) is 26.5 Å². The van der Waals surface area contributed by atoms with Gasteiger partial charge in [-0.3, -0.25) is 0 Å². The van der Waals surface area contributed by atoms with Gasteiger partial charge in [0.25, 0.3) is 0 Å². The van der Waals surface area contributed by atoms with Crippen LogP contribution in [0.4, 0.5) is 0 Å². The van der Waals surface area contributed by atoms with E-state index < -0.39 is 0 Å². The zero-order chi connectivity index (χ0) is 15.2. The highest BCUT2D eigenvalue weighted by Gasteiger charge is 2.09. The van der Waals surface area contributed by atoms with E-state index in [1.807, 2.05) is 30.3 Å². The summed E-state index contributed by atoms with van der Waals surface area (Å²) in [6.07, 6.45) is 0. The average Bonchev–Trinajstić information content (AvgIpc) is 2.46. The molecule has 4 heteroatoms. The molecule has 2 rings (SSSR count). The minimum Gasteiger partial charge on any atom is -0.489 e. The van der Waals surface area contributed by atoms with Crippen molar-refractivity contribution < 1.29 is 4.74 Å². The van der Waals surface area contributed by atoms with Gasteiger partial charge in [0.2, 0.25) is 0 Å². The molecule has 0 bridgehead atoms. The van der Waals surface area contributed by atoms with Gasteiger partial charge in [-0.25, -0.2) is 0 Å². The summed E-state index contributed by atoms with van der Waals surface area (Å²) in [6.45, 7) is 5.77. The second kappa shape index (κ2) is 7.97. The van der Waals surface area contributed by atoms with E-state index in [2.05, 4.69) is 63.2 Å². The fraction of sp³-hybridized carbons (Fsp3) is 0.294. The highest BCUT2D eigenvalue weighted by molar-refractivity contribution is 9.10. The molecule has 0 radical (unpaired) electrons. The van der Waals surface area contributed by atoms with Crippen LogP contribution in [0.2, 0.25) is 0 Å². The lowest BCUT2D eigenvalue weighted by Crippen LogP contribution is -2.18. The van der Waals surface area contributed by atoms with Gasteiger partial charge < -0.3 is 10.1 Å². The lowest BCUT2D eigenvalue weighted by molar-refractivity contribution is 0.305. The van der Waals surface area contributed by atoms with Gasteiger partial charge >= 0.3 is 0 Å². The maximum atomic E-state index is 5.87. The Morgan fingerprint density at radius 1 is 1.10 bits per heavy atom. The van der Waals surface area contributed by atoms with Crippen molar-refractivity contribution in [1.82, 2.24) is 5.32 Å². The number of rotatable bonds is 6. The first kappa shape index (κ1) is 16.5. The fourth-order valence-electron chi connectivity index (χ4n) is 2.14. The van der Waals surface area contributed by atoms with Gasteiger partial charge in [-0.1, -0.05) is 63.0 Å². The van der Waals surface area contributed by atoms with Crippen LogP contribution in [-0.2, 0) is 6.61 Å². The standard InChI is InChI=1S/C17H19Br2NO/c1-3-20-12(2)15-9-8-14(10-17(15)19)21-11-13-6-4-5-7-16(13)18/h4-10,12,20H,3,11H2,1-2H3. The zero-order valence-corrected chi connectivity index (χ0v) is 15.4. The summed E-state index contributed by atoms with van der Waals surface area (Å²) in [4.78, 5) is 0. The lowest BCUT2D eigenvalue weighted by atomic mass is 10.1. The minimum absolute atomic E-state index is 0.321. The Bertz CT molecular complexity index is 601. The van der Waals surface area contributed by atoms with Crippen molar-refractivity contribution in [2.24, 2.45) is 0 Å². The van der Waals surface area contributed by atoms with E-state index in [0.717, 1.165) is 26.8 Å². The highest BCUT2D eigenvalue weighted by atomic mass is 79.9. The summed E-state index contributed by atoms with van der Waals surface area (Å²) in [5.41, 5.74) is 2.38. The van der Waals surface area contributed by atoms with Gasteiger partial charge in [0.15, 0.2) is 0 Å². The third kappa shape index (κ3) is 4.56. The van der Waals surface area contributed by atoms with Crippen molar-refractivity contribution in [2.75, 3.05) is 6.54 Å². The normalized spacial score (nSPS) is 12.2. The van der Waals surface area contributed by atoms with Crippen molar-refractivity contribution in [3.8, 4) is 5.75 Å². The van der Waals surface area contributed by atoms with Crippen LogP contribution in [0, 0.1) is 0 Å². The van der Waals surface area contributed by atoms with Gasteiger partial charge in [-0.05, 0) is 37.2 Å². The maximum absolute atomic E-state index is 5.87. The predicted octanol–water partition coefficient (Wildman–Crippen LogP) is 5.46. The zero-order valence-electron chi connectivity index (χ0n) is 12.2. The number of nitrogens with one attached hydrogen (secondary N) is 1. The Kier molecular flexibility index (Phi) is 6.27. The molecule has 1 atom stereocenters. The van der Waals surface area contributed by atoms with E-state index in [1.165, 1.54) is 5.56 Å². The Labute approximate surface area is 143 Å². The van der Waals surface area contributed by atoms with E-state index in [4.69, 9.17) is 4.74 Å². The van der Waals surface area contributed by atoms with Crippen LogP contribution in [-0.4, -0.2) is 6.54 Å². The SMILES string of the molecule is CCNC(C)c1ccc(OCc2ccccc2Br)cc1Br. The van der Waals surface area contributed by atoms with Gasteiger partial charge in [-0.15, -0.1) is 0 Å². The van der Waals surface area contributed by atoms with Crippen LogP contribution in [0.15, 0.2) is 51.4 Å². The van der Waals surface area contributed by atoms with Crippen molar-refractivity contribution in [3.05, 3.63) is 62.5 Å². The van der Waals surface area contributed by atoms with Crippen LogP contribution in [0.1, 0.15) is 31.0 Å². The van der Waals surface area contributed by atoms with Crippen LogP contribution in [0.3, 0.4) is 0 Å². The van der Waals surface area contributed by atoms with Crippen LogP contribution >= 0.6 is 31.9 Å². The van der Waals surface area contributed by atoms with Gasteiger partial charge in [0.05, 0.1) is 0 Å². The molecule has 1 N–H and O–H groups in total. The largest absolute Gasteiger partial charge is 0.489 e. The second-order valence-electron chi connectivity index (χ2n) is 4.84. The number of hydrogen-bond acceptors (Lipinski definition) is 2. The summed E-state index contributed by atoms with van der Waals surface area (Å²) in [5.74, 6) is 0.866. The topological polar surface area (TPSA) is 21.3 Å². The number of benzene rings is 2. The first-order chi connectivity index (χ1) is 10.1. The van der Waals surface area contributed by atoms with E-state index >= 15 is 0 Å². The Morgan fingerprint density at radius 3 is 2.52 bits per heavy atom. The van der Waals surface area contributed by atoms with Gasteiger partial charge in [0.1, 0.15) is 12.4 Å². The molecule has 0 saturated carbocycles. The molecule has 0 aliphatic carbocycles. The van der Waals surface area contributed by atoms with Gasteiger partial charge in [-0.2, -0.15) is 0 Å².